The van der Waals surface area contributed by atoms with Crippen molar-refractivity contribution in [1.29, 1.82) is 0 Å². The number of carbonyl (C=O) groups is 1. The lowest BCUT2D eigenvalue weighted by Gasteiger charge is -2.23. The van der Waals surface area contributed by atoms with Gasteiger partial charge in [-0.05, 0) is 49.1 Å². The Labute approximate surface area is 254 Å². The number of fused-ring (bicyclic) bond motifs is 2. The number of hydrogen-bond acceptors (Lipinski definition) is 8. The number of hydrogen-bond donors (Lipinski definition) is 1. The molecule has 0 radical (unpaired) electrons. The molecule has 0 fully saturated rings. The third-order valence-corrected chi connectivity index (χ3v) is 9.16. The van der Waals surface area contributed by atoms with E-state index >= 15 is 0 Å². The van der Waals surface area contributed by atoms with Gasteiger partial charge in [0.05, 0.1) is 42.8 Å². The molecule has 0 saturated carbocycles. The van der Waals surface area contributed by atoms with E-state index in [4.69, 9.17) is 4.98 Å². The van der Waals surface area contributed by atoms with Gasteiger partial charge < -0.3 is 14.6 Å². The van der Waals surface area contributed by atoms with E-state index in [1.807, 2.05) is 11.8 Å². The summed E-state index contributed by atoms with van der Waals surface area (Å²) in [6.45, 7) is 7.15. The smallest absolute Gasteiger partial charge is 0.452 e. The predicted octanol–water partition coefficient (Wildman–Crippen LogP) is 5.05. The summed E-state index contributed by atoms with van der Waals surface area (Å²) in [5.41, 5.74) is 2.45. The molecular formula is C29H31F4N7O3S. The second-order valence-electron chi connectivity index (χ2n) is 10.7. The lowest BCUT2D eigenvalue weighted by Crippen LogP contribution is -2.35. The Kier molecular flexibility index (Phi) is 9.09. The first-order valence-electron chi connectivity index (χ1n) is 14.1. The lowest BCUT2D eigenvalue weighted by atomic mass is 9.89. The molecule has 1 N–H and O–H groups in total. The molecule has 1 aliphatic heterocycles. The number of unbranched alkanes of at least 4 members (excludes halogenated alkanes) is 1. The van der Waals surface area contributed by atoms with Crippen molar-refractivity contribution in [3.8, 4) is 0 Å². The largest absolute Gasteiger partial charge is 0.593 e. The Morgan fingerprint density at radius 1 is 1.18 bits per heavy atom. The quantitative estimate of drug-likeness (QED) is 0.199. The summed E-state index contributed by atoms with van der Waals surface area (Å²) in [5, 5.41) is 16.8. The van der Waals surface area contributed by atoms with Gasteiger partial charge in [0.2, 0.25) is 10.7 Å². The van der Waals surface area contributed by atoms with Gasteiger partial charge in [0.25, 0.3) is 0 Å². The van der Waals surface area contributed by atoms with Gasteiger partial charge in [-0.15, -0.1) is 14.5 Å². The van der Waals surface area contributed by atoms with Crippen LogP contribution in [0.25, 0.3) is 5.65 Å². The van der Waals surface area contributed by atoms with Crippen LogP contribution in [0.4, 0.5) is 23.4 Å². The summed E-state index contributed by atoms with van der Waals surface area (Å²) >= 11 is -1.76. The van der Waals surface area contributed by atoms with E-state index in [-0.39, 0.29) is 23.5 Å². The lowest BCUT2D eigenvalue weighted by molar-refractivity contribution is -0.145. The monoisotopic (exact) mass is 633 g/mol. The second kappa shape index (κ2) is 12.7. The van der Waals surface area contributed by atoms with Gasteiger partial charge in [0.1, 0.15) is 5.82 Å². The summed E-state index contributed by atoms with van der Waals surface area (Å²) in [7, 11) is 0. The molecule has 5 rings (SSSR count). The second-order valence-corrected chi connectivity index (χ2v) is 12.1. The number of nitrogens with zero attached hydrogens (tertiary/aromatic N) is 7. The highest BCUT2D eigenvalue weighted by Gasteiger charge is 2.38. The third kappa shape index (κ3) is 6.35. The molecule has 1 aliphatic rings. The molecule has 5 heterocycles. The number of pyridine rings is 3. The molecule has 0 amide bonds. The zero-order chi connectivity index (χ0) is 31.8. The van der Waals surface area contributed by atoms with Crippen LogP contribution in [0.3, 0.4) is 0 Å². The predicted molar refractivity (Wildman–Crippen MR) is 154 cm³/mol. The van der Waals surface area contributed by atoms with Crippen LogP contribution in [-0.2, 0) is 28.9 Å². The van der Waals surface area contributed by atoms with Crippen molar-refractivity contribution in [2.45, 2.75) is 63.6 Å². The summed E-state index contributed by atoms with van der Waals surface area (Å²) in [6, 6.07) is 6.13. The Bertz CT molecular complexity index is 1680. The van der Waals surface area contributed by atoms with Gasteiger partial charge in [-0.25, -0.2) is 9.37 Å². The molecule has 44 heavy (non-hydrogen) atoms. The molecule has 0 spiro atoms. The number of alkyl halides is 3. The third-order valence-electron chi connectivity index (χ3n) is 7.70. The van der Waals surface area contributed by atoms with E-state index in [9.17, 15) is 32.0 Å². The van der Waals surface area contributed by atoms with Gasteiger partial charge >= 0.3 is 12.1 Å². The van der Waals surface area contributed by atoms with Crippen molar-refractivity contribution in [2.75, 3.05) is 24.5 Å². The molecule has 10 nitrogen and oxygen atoms in total. The molecule has 4 aromatic heterocycles. The first-order chi connectivity index (χ1) is 20.9. The van der Waals surface area contributed by atoms with Crippen LogP contribution in [0.15, 0.2) is 41.6 Å². The average Bonchev–Trinajstić information content (AvgIpc) is 3.38. The number of aryl methyl sites for hydroxylation is 2. The van der Waals surface area contributed by atoms with Crippen LogP contribution in [-0.4, -0.2) is 64.1 Å². The molecular weight excluding hydrogens is 602 g/mol. The number of rotatable bonds is 9. The summed E-state index contributed by atoms with van der Waals surface area (Å²) in [6.07, 6.45) is -0.974. The van der Waals surface area contributed by atoms with Crippen LogP contribution in [0.1, 0.15) is 66.0 Å². The molecule has 234 valence electrons. The highest BCUT2D eigenvalue weighted by atomic mass is 32.2. The highest BCUT2D eigenvalue weighted by Crippen LogP contribution is 2.35. The Morgan fingerprint density at radius 3 is 2.66 bits per heavy atom. The van der Waals surface area contributed by atoms with Gasteiger partial charge in [0, 0.05) is 37.0 Å². The minimum atomic E-state index is -4.72. The van der Waals surface area contributed by atoms with Crippen LogP contribution >= 0.6 is 0 Å². The molecule has 1 unspecified atom stereocenters. The fraction of sp³-hybridized carbons (Fsp3) is 0.414. The summed E-state index contributed by atoms with van der Waals surface area (Å²) in [4.78, 5) is 23.3. The minimum Gasteiger partial charge on any atom is -0.593 e. The van der Waals surface area contributed by atoms with E-state index in [0.29, 0.717) is 48.0 Å². The number of carboxylic acids is 1. The maximum atomic E-state index is 14.2. The van der Waals surface area contributed by atoms with E-state index in [1.165, 1.54) is 18.3 Å². The number of anilines is 1. The van der Waals surface area contributed by atoms with Gasteiger partial charge in [-0.1, -0.05) is 19.4 Å². The fourth-order valence-corrected chi connectivity index (χ4v) is 6.69. The zero-order valence-electron chi connectivity index (χ0n) is 24.3. The first kappa shape index (κ1) is 31.6. The molecule has 0 saturated heterocycles. The van der Waals surface area contributed by atoms with Crippen molar-refractivity contribution in [1.82, 2.24) is 28.9 Å². The minimum absolute atomic E-state index is 0.0374. The van der Waals surface area contributed by atoms with E-state index in [0.717, 1.165) is 29.0 Å². The number of aliphatic carboxylic acids is 1. The van der Waals surface area contributed by atoms with E-state index in [2.05, 4.69) is 22.1 Å². The molecule has 2 atom stereocenters. The first-order valence-corrected chi connectivity index (χ1v) is 15.2. The van der Waals surface area contributed by atoms with Gasteiger partial charge in [0.15, 0.2) is 11.5 Å². The van der Waals surface area contributed by atoms with Crippen LogP contribution in [0, 0.1) is 19.7 Å². The van der Waals surface area contributed by atoms with Crippen molar-refractivity contribution in [3.63, 3.8) is 0 Å². The Morgan fingerprint density at radius 2 is 1.95 bits per heavy atom. The molecule has 0 bridgehead atoms. The summed E-state index contributed by atoms with van der Waals surface area (Å²) in [5.74, 6) is -3.23. The van der Waals surface area contributed by atoms with Crippen LogP contribution in [0.2, 0.25) is 0 Å². The topological polar surface area (TPSA) is 123 Å². The van der Waals surface area contributed by atoms with Crippen molar-refractivity contribution in [3.05, 3.63) is 76.4 Å². The van der Waals surface area contributed by atoms with Gasteiger partial charge in [-0.2, -0.15) is 13.2 Å². The number of halogens is 4. The summed E-state index contributed by atoms with van der Waals surface area (Å²) < 4.78 is 70.8. The molecule has 4 aromatic rings. The Balaban J connectivity index is 1.50. The fourth-order valence-electron chi connectivity index (χ4n) is 5.37. The Hall–Kier alpha value is -3.82. The van der Waals surface area contributed by atoms with E-state index in [1.54, 1.807) is 23.4 Å². The van der Waals surface area contributed by atoms with Crippen molar-refractivity contribution < 1.29 is 32.0 Å². The normalized spacial score (nSPS) is 16.6. The number of carboxylic acid groups (broad SMARTS) is 1. The molecule has 0 aliphatic carbocycles. The van der Waals surface area contributed by atoms with Crippen LogP contribution in [0.5, 0.6) is 0 Å². The number of aromatic nitrogens is 5. The SMILES string of the molecule is CCCCN1CCN(Cc2nc([C@H](CC(=O)O)c3ccn4c(C(F)(F)F)nnc4c3C)ccc2C)[S+]([O-])c2cc(F)cnc21. The maximum absolute atomic E-state index is 14.2. The van der Waals surface area contributed by atoms with Crippen molar-refractivity contribution >= 4 is 28.8 Å². The van der Waals surface area contributed by atoms with Crippen molar-refractivity contribution in [2.24, 2.45) is 0 Å². The average molecular weight is 634 g/mol. The standard InChI is InChI=1S/C29H31F4N7O3S/c1-4-5-9-38-11-12-39(44(43)24-13-19(30)15-34-27(24)38)16-23-17(2)6-7-22(35-23)21(14-25(41)42)20-8-10-40-26(18(20)3)36-37-28(40)29(31,32)33/h6-8,10,13,15,21H,4-5,9,11-12,14,16H2,1-3H3,(H,41,42)/t21-,44?/m1/s1. The van der Waals surface area contributed by atoms with Crippen LogP contribution < -0.4 is 4.90 Å². The molecule has 15 heteroatoms. The zero-order valence-corrected chi connectivity index (χ0v) is 25.1. The molecule has 0 aromatic carbocycles. The highest BCUT2D eigenvalue weighted by molar-refractivity contribution is 7.89. The maximum Gasteiger partial charge on any atom is 0.452 e. The van der Waals surface area contributed by atoms with Gasteiger partial charge in [-0.3, -0.25) is 14.2 Å². The van der Waals surface area contributed by atoms with E-state index < -0.39 is 41.1 Å².